The van der Waals surface area contributed by atoms with Gasteiger partial charge in [0.1, 0.15) is 0 Å². The van der Waals surface area contributed by atoms with Gasteiger partial charge in [0.25, 0.3) is 5.91 Å². The average Bonchev–Trinajstić information content (AvgIpc) is 2.75. The Kier molecular flexibility index (Phi) is 4.03. The summed E-state index contributed by atoms with van der Waals surface area (Å²) in [6, 6.07) is 9.33. The first-order valence-corrected chi connectivity index (χ1v) is 6.47. The molecule has 0 aliphatic heterocycles. The van der Waals surface area contributed by atoms with Gasteiger partial charge in [-0.25, -0.2) is 4.79 Å². The third kappa shape index (κ3) is 3.70. The zero-order valence-corrected chi connectivity index (χ0v) is 11.2. The first-order valence-electron chi connectivity index (χ1n) is 5.28. The Hall–Kier alpha value is -2.05. The quantitative estimate of drug-likeness (QED) is 0.812. The van der Waals surface area contributed by atoms with Crippen molar-refractivity contribution < 1.29 is 9.59 Å². The number of hydrogen-bond donors (Lipinski definition) is 3. The number of hydrogen-bond acceptors (Lipinski definition) is 3. The molecule has 7 heteroatoms. The standard InChI is InChI=1S/C12H10ClN3O2S/c13-10-5-4-9(19-10)11(17)15-7-2-1-3-8(6-7)16-12(14)18/h1-6H,(H,15,17)(H3,14,16,18). The van der Waals surface area contributed by atoms with Crippen LogP contribution in [0.2, 0.25) is 4.34 Å². The third-order valence-electron chi connectivity index (χ3n) is 2.18. The highest BCUT2D eigenvalue weighted by Gasteiger charge is 2.09. The van der Waals surface area contributed by atoms with E-state index in [1.165, 1.54) is 11.3 Å². The number of nitrogens with two attached hydrogens (primary N) is 1. The predicted molar refractivity (Wildman–Crippen MR) is 76.9 cm³/mol. The van der Waals surface area contributed by atoms with Crippen molar-refractivity contribution in [3.63, 3.8) is 0 Å². The molecule has 4 N–H and O–H groups in total. The molecule has 1 heterocycles. The Morgan fingerprint density at radius 2 is 1.79 bits per heavy atom. The molecule has 19 heavy (non-hydrogen) atoms. The Labute approximate surface area is 118 Å². The van der Waals surface area contributed by atoms with Crippen LogP contribution in [0, 0.1) is 0 Å². The van der Waals surface area contributed by atoms with Gasteiger partial charge in [-0.1, -0.05) is 17.7 Å². The lowest BCUT2D eigenvalue weighted by atomic mass is 10.2. The molecule has 0 saturated heterocycles. The largest absolute Gasteiger partial charge is 0.351 e. The molecule has 5 nitrogen and oxygen atoms in total. The number of rotatable bonds is 3. The van der Waals surface area contributed by atoms with E-state index in [0.717, 1.165) is 0 Å². The monoisotopic (exact) mass is 295 g/mol. The highest BCUT2D eigenvalue weighted by atomic mass is 35.5. The van der Waals surface area contributed by atoms with Gasteiger partial charge in [-0.05, 0) is 30.3 Å². The maximum atomic E-state index is 11.9. The summed E-state index contributed by atoms with van der Waals surface area (Å²) in [6.07, 6.45) is 0. The van der Waals surface area contributed by atoms with Gasteiger partial charge in [-0.3, -0.25) is 4.79 Å². The fraction of sp³-hybridized carbons (Fsp3) is 0. The van der Waals surface area contributed by atoms with Crippen LogP contribution in [0.15, 0.2) is 36.4 Å². The number of benzene rings is 1. The molecule has 0 bridgehead atoms. The van der Waals surface area contributed by atoms with E-state index < -0.39 is 6.03 Å². The van der Waals surface area contributed by atoms with E-state index in [9.17, 15) is 9.59 Å². The number of anilines is 2. The lowest BCUT2D eigenvalue weighted by Gasteiger charge is -2.06. The van der Waals surface area contributed by atoms with Crippen molar-refractivity contribution in [3.8, 4) is 0 Å². The Bertz CT molecular complexity index is 627. The molecule has 0 spiro atoms. The van der Waals surface area contributed by atoms with E-state index in [1.807, 2.05) is 0 Å². The summed E-state index contributed by atoms with van der Waals surface area (Å²) >= 11 is 6.96. The van der Waals surface area contributed by atoms with Crippen LogP contribution < -0.4 is 16.4 Å². The number of urea groups is 1. The zero-order valence-electron chi connectivity index (χ0n) is 9.64. The Morgan fingerprint density at radius 1 is 1.11 bits per heavy atom. The summed E-state index contributed by atoms with van der Waals surface area (Å²) in [5, 5.41) is 5.14. The molecular weight excluding hydrogens is 286 g/mol. The minimum atomic E-state index is -0.659. The molecule has 0 radical (unpaired) electrons. The van der Waals surface area contributed by atoms with Crippen LogP contribution in [-0.2, 0) is 0 Å². The predicted octanol–water partition coefficient (Wildman–Crippen LogP) is 3.14. The molecule has 0 saturated carbocycles. The van der Waals surface area contributed by atoms with Crippen molar-refractivity contribution in [1.29, 1.82) is 0 Å². The van der Waals surface area contributed by atoms with Gasteiger partial charge >= 0.3 is 6.03 Å². The second kappa shape index (κ2) is 5.73. The number of nitrogens with one attached hydrogen (secondary N) is 2. The first kappa shape index (κ1) is 13.4. The number of amides is 3. The normalized spacial score (nSPS) is 9.95. The van der Waals surface area contributed by atoms with E-state index in [-0.39, 0.29) is 5.91 Å². The van der Waals surface area contributed by atoms with Crippen LogP contribution in [0.5, 0.6) is 0 Å². The number of primary amides is 1. The fourth-order valence-electron chi connectivity index (χ4n) is 1.45. The minimum absolute atomic E-state index is 0.256. The van der Waals surface area contributed by atoms with Crippen molar-refractivity contribution in [3.05, 3.63) is 45.6 Å². The fourth-order valence-corrected chi connectivity index (χ4v) is 2.38. The molecule has 2 rings (SSSR count). The topological polar surface area (TPSA) is 84.2 Å². The van der Waals surface area contributed by atoms with E-state index >= 15 is 0 Å². The first-order chi connectivity index (χ1) is 9.04. The van der Waals surface area contributed by atoms with Crippen LogP contribution in [0.25, 0.3) is 0 Å². The molecular formula is C12H10ClN3O2S. The molecule has 0 aliphatic rings. The summed E-state index contributed by atoms with van der Waals surface area (Å²) in [6.45, 7) is 0. The SMILES string of the molecule is NC(=O)Nc1cccc(NC(=O)c2ccc(Cl)s2)c1. The van der Waals surface area contributed by atoms with Gasteiger partial charge in [0, 0.05) is 11.4 Å². The van der Waals surface area contributed by atoms with Crippen LogP contribution in [0.4, 0.5) is 16.2 Å². The van der Waals surface area contributed by atoms with E-state index in [2.05, 4.69) is 10.6 Å². The second-order valence-electron chi connectivity index (χ2n) is 3.63. The van der Waals surface area contributed by atoms with Gasteiger partial charge < -0.3 is 16.4 Å². The summed E-state index contributed by atoms with van der Waals surface area (Å²) in [5.74, 6) is -0.256. The van der Waals surface area contributed by atoms with Crippen molar-refractivity contribution in [2.45, 2.75) is 0 Å². The lowest BCUT2D eigenvalue weighted by molar-refractivity contribution is 0.103. The highest BCUT2D eigenvalue weighted by molar-refractivity contribution is 7.18. The number of thiophene rings is 1. The van der Waals surface area contributed by atoms with Crippen LogP contribution in [0.1, 0.15) is 9.67 Å². The van der Waals surface area contributed by atoms with Crippen molar-refractivity contribution >= 4 is 46.3 Å². The second-order valence-corrected chi connectivity index (χ2v) is 5.34. The van der Waals surface area contributed by atoms with Crippen LogP contribution in [-0.4, -0.2) is 11.9 Å². The third-order valence-corrected chi connectivity index (χ3v) is 3.41. The average molecular weight is 296 g/mol. The maximum Gasteiger partial charge on any atom is 0.316 e. The molecule has 2 aromatic rings. The van der Waals surface area contributed by atoms with Gasteiger partial charge in [-0.15, -0.1) is 11.3 Å². The molecule has 0 fully saturated rings. The molecule has 0 aliphatic carbocycles. The molecule has 1 aromatic carbocycles. The summed E-state index contributed by atoms with van der Waals surface area (Å²) in [4.78, 5) is 23.1. The molecule has 3 amide bonds. The van der Waals surface area contributed by atoms with Crippen LogP contribution >= 0.6 is 22.9 Å². The summed E-state index contributed by atoms with van der Waals surface area (Å²) in [5.41, 5.74) is 6.08. The van der Waals surface area contributed by atoms with E-state index in [1.54, 1.807) is 36.4 Å². The number of carbonyl (C=O) groups is 2. The summed E-state index contributed by atoms with van der Waals surface area (Å²) in [7, 11) is 0. The lowest BCUT2D eigenvalue weighted by Crippen LogP contribution is -2.19. The van der Waals surface area contributed by atoms with Gasteiger partial charge in [-0.2, -0.15) is 0 Å². The smallest absolute Gasteiger partial charge is 0.316 e. The van der Waals surface area contributed by atoms with Crippen molar-refractivity contribution in [2.75, 3.05) is 10.6 Å². The highest BCUT2D eigenvalue weighted by Crippen LogP contribution is 2.23. The van der Waals surface area contributed by atoms with Gasteiger partial charge in [0.05, 0.1) is 9.21 Å². The van der Waals surface area contributed by atoms with E-state index in [4.69, 9.17) is 17.3 Å². The maximum absolute atomic E-state index is 11.9. The summed E-state index contributed by atoms with van der Waals surface area (Å²) < 4.78 is 0.550. The Morgan fingerprint density at radius 3 is 2.37 bits per heavy atom. The zero-order chi connectivity index (χ0) is 13.8. The number of carbonyl (C=O) groups excluding carboxylic acids is 2. The molecule has 98 valence electrons. The van der Waals surface area contributed by atoms with Crippen LogP contribution in [0.3, 0.4) is 0 Å². The van der Waals surface area contributed by atoms with Gasteiger partial charge in [0.2, 0.25) is 0 Å². The van der Waals surface area contributed by atoms with E-state index in [0.29, 0.717) is 20.6 Å². The molecule has 1 aromatic heterocycles. The number of halogens is 1. The van der Waals surface area contributed by atoms with Gasteiger partial charge in [0.15, 0.2) is 0 Å². The van der Waals surface area contributed by atoms with Crippen molar-refractivity contribution in [2.24, 2.45) is 5.73 Å². The molecule has 0 atom stereocenters. The van der Waals surface area contributed by atoms with Crippen molar-refractivity contribution in [1.82, 2.24) is 0 Å². The minimum Gasteiger partial charge on any atom is -0.351 e. The molecule has 0 unspecified atom stereocenters. The Balaban J connectivity index is 2.10.